The fraction of sp³-hybridized carbons (Fsp3) is 0.833. The van der Waals surface area contributed by atoms with Crippen molar-refractivity contribution in [3.63, 3.8) is 0 Å². The van der Waals surface area contributed by atoms with E-state index in [1.807, 2.05) is 0 Å². The molecule has 0 aromatic carbocycles. The molecule has 1 aliphatic rings. The van der Waals surface area contributed by atoms with Crippen LogP contribution in [0.1, 0.15) is 40.5 Å². The van der Waals surface area contributed by atoms with Crippen molar-refractivity contribution < 1.29 is 19.1 Å². The van der Waals surface area contributed by atoms with Crippen molar-refractivity contribution in [2.24, 2.45) is 0 Å². The van der Waals surface area contributed by atoms with Crippen LogP contribution in [0.4, 0.5) is 0 Å². The molecule has 0 unspecified atom stereocenters. The lowest BCUT2D eigenvalue weighted by molar-refractivity contribution is -0.158. The molecule has 0 aliphatic carbocycles. The van der Waals surface area contributed by atoms with E-state index < -0.39 is 23.7 Å². The molecule has 1 aliphatic heterocycles. The summed E-state index contributed by atoms with van der Waals surface area (Å²) in [6.45, 7) is 7.60. The van der Waals surface area contributed by atoms with Crippen LogP contribution in [0, 0.1) is 0 Å². The number of hydrogen-bond donors (Lipinski definition) is 1. The Morgan fingerprint density at radius 3 is 2.53 bits per heavy atom. The molecule has 1 N–H and O–H groups in total. The highest BCUT2D eigenvalue weighted by molar-refractivity contribution is 5.86. The second-order valence-corrected chi connectivity index (χ2v) is 5.27. The van der Waals surface area contributed by atoms with Crippen molar-refractivity contribution in [1.82, 2.24) is 5.32 Å². The Bertz CT molecular complexity index is 289. The Morgan fingerprint density at radius 1 is 1.41 bits per heavy atom. The molecule has 5 nitrogen and oxygen atoms in total. The molecule has 1 heterocycles. The summed E-state index contributed by atoms with van der Waals surface area (Å²) >= 11 is 0. The largest absolute Gasteiger partial charge is 0.458 e. The van der Waals surface area contributed by atoms with Crippen LogP contribution in [0.5, 0.6) is 0 Å². The Kier molecular flexibility index (Phi) is 4.51. The van der Waals surface area contributed by atoms with E-state index in [-0.39, 0.29) is 5.91 Å². The maximum Gasteiger partial charge on any atom is 0.328 e. The minimum Gasteiger partial charge on any atom is -0.458 e. The zero-order valence-corrected chi connectivity index (χ0v) is 10.9. The van der Waals surface area contributed by atoms with Crippen LogP contribution < -0.4 is 5.32 Å². The normalized spacial score (nSPS) is 22.0. The topological polar surface area (TPSA) is 64.6 Å². The summed E-state index contributed by atoms with van der Waals surface area (Å²) in [4.78, 5) is 23.3. The number of carbonyl (C=O) groups excluding carboxylic acids is 2. The van der Waals surface area contributed by atoms with E-state index in [1.165, 1.54) is 0 Å². The highest BCUT2D eigenvalue weighted by Crippen LogP contribution is 2.13. The first kappa shape index (κ1) is 14.0. The van der Waals surface area contributed by atoms with Gasteiger partial charge in [-0.25, -0.2) is 4.79 Å². The summed E-state index contributed by atoms with van der Waals surface area (Å²) in [5, 5.41) is 2.61. The molecule has 1 amide bonds. The molecule has 0 spiro atoms. The lowest BCUT2D eigenvalue weighted by Gasteiger charge is -2.23. The average molecular weight is 243 g/mol. The molecule has 5 heteroatoms. The van der Waals surface area contributed by atoms with Gasteiger partial charge in [-0.05, 0) is 40.5 Å². The number of hydrogen-bond acceptors (Lipinski definition) is 4. The quantitative estimate of drug-likeness (QED) is 0.751. The number of carbonyl (C=O) groups is 2. The van der Waals surface area contributed by atoms with E-state index >= 15 is 0 Å². The predicted octanol–water partition coefficient (Wildman–Crippen LogP) is 1.01. The van der Waals surface area contributed by atoms with Crippen molar-refractivity contribution in [3.8, 4) is 0 Å². The van der Waals surface area contributed by atoms with Crippen LogP contribution in [0.2, 0.25) is 0 Å². The van der Waals surface area contributed by atoms with Gasteiger partial charge >= 0.3 is 5.97 Å². The molecule has 1 fully saturated rings. The van der Waals surface area contributed by atoms with E-state index in [0.29, 0.717) is 13.0 Å². The van der Waals surface area contributed by atoms with Gasteiger partial charge in [-0.1, -0.05) is 0 Å². The zero-order chi connectivity index (χ0) is 13.1. The average Bonchev–Trinajstić information content (AvgIpc) is 2.67. The lowest BCUT2D eigenvalue weighted by atomic mass is 10.2. The van der Waals surface area contributed by atoms with Crippen LogP contribution in [-0.4, -0.2) is 36.2 Å². The number of nitrogens with one attached hydrogen (secondary N) is 1. The Labute approximate surface area is 102 Å². The van der Waals surface area contributed by atoms with Crippen molar-refractivity contribution >= 4 is 11.9 Å². The van der Waals surface area contributed by atoms with Gasteiger partial charge < -0.3 is 14.8 Å². The molecule has 1 saturated heterocycles. The molecule has 0 bridgehead atoms. The summed E-state index contributed by atoms with van der Waals surface area (Å²) in [5.41, 5.74) is -0.542. The van der Waals surface area contributed by atoms with Gasteiger partial charge in [-0.15, -0.1) is 0 Å². The maximum atomic E-state index is 11.7. The van der Waals surface area contributed by atoms with Crippen LogP contribution in [0.25, 0.3) is 0 Å². The Hall–Kier alpha value is -1.10. The van der Waals surface area contributed by atoms with Crippen LogP contribution in [-0.2, 0) is 19.1 Å². The molecule has 98 valence electrons. The summed E-state index contributed by atoms with van der Waals surface area (Å²) in [5.74, 6) is -0.662. The van der Waals surface area contributed by atoms with Gasteiger partial charge in [0.15, 0.2) is 0 Å². The van der Waals surface area contributed by atoms with Crippen molar-refractivity contribution in [1.29, 1.82) is 0 Å². The first-order valence-electron chi connectivity index (χ1n) is 5.94. The second-order valence-electron chi connectivity index (χ2n) is 5.27. The molecule has 17 heavy (non-hydrogen) atoms. The minimum atomic E-state index is -0.647. The van der Waals surface area contributed by atoms with Gasteiger partial charge in [-0.3, -0.25) is 4.79 Å². The van der Waals surface area contributed by atoms with Crippen molar-refractivity contribution in [3.05, 3.63) is 0 Å². The number of esters is 1. The molecular weight excluding hydrogens is 222 g/mol. The van der Waals surface area contributed by atoms with Gasteiger partial charge in [0, 0.05) is 6.61 Å². The molecule has 0 radical (unpaired) electrons. The number of rotatable bonds is 3. The molecule has 0 aromatic heterocycles. The first-order chi connectivity index (χ1) is 7.79. The van der Waals surface area contributed by atoms with E-state index in [0.717, 1.165) is 6.42 Å². The van der Waals surface area contributed by atoms with Crippen LogP contribution in [0.15, 0.2) is 0 Å². The van der Waals surface area contributed by atoms with Crippen LogP contribution in [0.3, 0.4) is 0 Å². The van der Waals surface area contributed by atoms with Gasteiger partial charge in [0.05, 0.1) is 0 Å². The third-order valence-corrected chi connectivity index (χ3v) is 2.34. The number of amides is 1. The summed E-state index contributed by atoms with van der Waals surface area (Å²) < 4.78 is 10.4. The third kappa shape index (κ3) is 4.73. The molecule has 1 rings (SSSR count). The second kappa shape index (κ2) is 5.49. The van der Waals surface area contributed by atoms with Gasteiger partial charge in [0.25, 0.3) is 0 Å². The maximum absolute atomic E-state index is 11.7. The minimum absolute atomic E-state index is 0.235. The standard InChI is InChI=1S/C12H21NO4/c1-8(11(15)17-12(2,3)4)13-10(14)9-6-5-7-16-9/h8-9H,5-7H2,1-4H3,(H,13,14)/t8-,9+/m0/s1. The van der Waals surface area contributed by atoms with Gasteiger partial charge in [0.2, 0.25) is 5.91 Å². The Balaban J connectivity index is 2.40. The molecule has 0 saturated carbocycles. The molecule has 0 aromatic rings. The van der Waals surface area contributed by atoms with Crippen molar-refractivity contribution in [2.45, 2.75) is 58.3 Å². The van der Waals surface area contributed by atoms with E-state index in [1.54, 1.807) is 27.7 Å². The summed E-state index contributed by atoms with van der Waals surface area (Å²) in [6, 6.07) is -0.647. The highest BCUT2D eigenvalue weighted by atomic mass is 16.6. The SMILES string of the molecule is C[C@H](NC(=O)[C@H]1CCCO1)C(=O)OC(C)(C)C. The fourth-order valence-electron chi connectivity index (χ4n) is 1.54. The zero-order valence-electron chi connectivity index (χ0n) is 10.9. The summed E-state index contributed by atoms with van der Waals surface area (Å²) in [7, 11) is 0. The smallest absolute Gasteiger partial charge is 0.328 e. The lowest BCUT2D eigenvalue weighted by Crippen LogP contribution is -2.45. The first-order valence-corrected chi connectivity index (χ1v) is 5.94. The molecular formula is C12H21NO4. The van der Waals surface area contributed by atoms with E-state index in [2.05, 4.69) is 5.32 Å². The third-order valence-electron chi connectivity index (χ3n) is 2.34. The number of ether oxygens (including phenoxy) is 2. The van der Waals surface area contributed by atoms with Crippen LogP contribution >= 0.6 is 0 Å². The van der Waals surface area contributed by atoms with Crippen molar-refractivity contribution in [2.75, 3.05) is 6.61 Å². The summed E-state index contributed by atoms with van der Waals surface area (Å²) in [6.07, 6.45) is 1.19. The van der Waals surface area contributed by atoms with E-state index in [9.17, 15) is 9.59 Å². The van der Waals surface area contributed by atoms with Gasteiger partial charge in [-0.2, -0.15) is 0 Å². The molecule has 2 atom stereocenters. The van der Waals surface area contributed by atoms with Gasteiger partial charge in [0.1, 0.15) is 17.7 Å². The Morgan fingerprint density at radius 2 is 2.06 bits per heavy atom. The highest BCUT2D eigenvalue weighted by Gasteiger charge is 2.28. The predicted molar refractivity (Wildman–Crippen MR) is 62.4 cm³/mol. The monoisotopic (exact) mass is 243 g/mol. The van der Waals surface area contributed by atoms with E-state index in [4.69, 9.17) is 9.47 Å². The fourth-order valence-corrected chi connectivity index (χ4v) is 1.54.